The number of nitrogens with one attached hydrogen (secondary N) is 3. The van der Waals surface area contributed by atoms with Gasteiger partial charge in [0.25, 0.3) is 0 Å². The van der Waals surface area contributed by atoms with Crippen LogP contribution >= 0.6 is 0 Å². The standard InChI is InChI=1S/C21H38N6O6/c28-17(29)11-5-3-8-14-23-20-25-19(22-13-7-1-2-10-16-33-32)26-21(27-20)24-15-9-4-6-12-18(30)31/h32H,1-16H2,(H,28,29)(H,30,31)(H3,22,23,24,25,26,27). The lowest BCUT2D eigenvalue weighted by Gasteiger charge is -2.11. The van der Waals surface area contributed by atoms with Gasteiger partial charge in [-0.3, -0.25) is 14.8 Å². The summed E-state index contributed by atoms with van der Waals surface area (Å²) >= 11 is 0. The van der Waals surface area contributed by atoms with Crippen LogP contribution in [0.15, 0.2) is 0 Å². The van der Waals surface area contributed by atoms with Crippen molar-refractivity contribution in [2.24, 2.45) is 0 Å². The van der Waals surface area contributed by atoms with Crippen molar-refractivity contribution < 1.29 is 29.9 Å². The Hall–Kier alpha value is -2.73. The van der Waals surface area contributed by atoms with Crippen molar-refractivity contribution in [3.05, 3.63) is 0 Å². The molecule has 0 fully saturated rings. The molecule has 1 aromatic heterocycles. The maximum Gasteiger partial charge on any atom is 0.303 e. The Balaban J connectivity index is 2.48. The zero-order valence-corrected chi connectivity index (χ0v) is 19.2. The maximum atomic E-state index is 10.6. The number of unbranched alkanes of at least 4 members (excludes halogenated alkanes) is 7. The number of nitrogens with zero attached hydrogens (tertiary/aromatic N) is 3. The number of carboxylic acid groups (broad SMARTS) is 2. The molecular weight excluding hydrogens is 432 g/mol. The zero-order chi connectivity index (χ0) is 24.2. The van der Waals surface area contributed by atoms with Crippen molar-refractivity contribution in [3.63, 3.8) is 0 Å². The fourth-order valence-corrected chi connectivity index (χ4v) is 3.01. The summed E-state index contributed by atoms with van der Waals surface area (Å²) in [6, 6.07) is 0. The average molecular weight is 471 g/mol. The van der Waals surface area contributed by atoms with Crippen LogP contribution in [0.3, 0.4) is 0 Å². The molecule has 12 nitrogen and oxygen atoms in total. The summed E-state index contributed by atoms with van der Waals surface area (Å²) in [5, 5.41) is 35.3. The highest BCUT2D eigenvalue weighted by atomic mass is 17.1. The van der Waals surface area contributed by atoms with Gasteiger partial charge in [-0.15, -0.1) is 0 Å². The van der Waals surface area contributed by atoms with Gasteiger partial charge < -0.3 is 26.2 Å². The van der Waals surface area contributed by atoms with E-state index in [0.29, 0.717) is 56.9 Å². The van der Waals surface area contributed by atoms with E-state index >= 15 is 0 Å². The smallest absolute Gasteiger partial charge is 0.303 e. The predicted molar refractivity (Wildman–Crippen MR) is 125 cm³/mol. The molecule has 0 amide bonds. The van der Waals surface area contributed by atoms with Gasteiger partial charge in [0.05, 0.1) is 6.61 Å². The molecule has 0 atom stereocenters. The van der Waals surface area contributed by atoms with Gasteiger partial charge in [-0.25, -0.2) is 4.89 Å². The quantitative estimate of drug-likeness (QED) is 0.0827. The molecular formula is C21H38N6O6. The van der Waals surface area contributed by atoms with Crippen LogP contribution in [0.4, 0.5) is 17.8 Å². The van der Waals surface area contributed by atoms with Gasteiger partial charge >= 0.3 is 11.9 Å². The van der Waals surface area contributed by atoms with E-state index in [9.17, 15) is 9.59 Å². The second-order valence-corrected chi connectivity index (χ2v) is 7.74. The Bertz CT molecular complexity index is 634. The van der Waals surface area contributed by atoms with Gasteiger partial charge in [0.1, 0.15) is 0 Å². The van der Waals surface area contributed by atoms with E-state index in [1.807, 2.05) is 0 Å². The highest BCUT2D eigenvalue weighted by Crippen LogP contribution is 2.11. The summed E-state index contributed by atoms with van der Waals surface area (Å²) in [5.41, 5.74) is 0. The molecule has 0 radical (unpaired) electrons. The molecule has 0 aromatic carbocycles. The second-order valence-electron chi connectivity index (χ2n) is 7.74. The summed E-state index contributed by atoms with van der Waals surface area (Å²) < 4.78 is 0. The molecule has 12 heteroatoms. The normalized spacial score (nSPS) is 10.7. The van der Waals surface area contributed by atoms with E-state index < -0.39 is 11.9 Å². The van der Waals surface area contributed by atoms with E-state index in [4.69, 9.17) is 15.5 Å². The van der Waals surface area contributed by atoms with E-state index in [-0.39, 0.29) is 12.8 Å². The number of carboxylic acids is 2. The zero-order valence-electron chi connectivity index (χ0n) is 19.2. The number of rotatable bonds is 22. The third-order valence-electron chi connectivity index (χ3n) is 4.78. The van der Waals surface area contributed by atoms with Crippen molar-refractivity contribution in [2.45, 2.75) is 77.0 Å². The summed E-state index contributed by atoms with van der Waals surface area (Å²) in [7, 11) is 0. The molecule has 0 unspecified atom stereocenters. The van der Waals surface area contributed by atoms with Crippen LogP contribution < -0.4 is 16.0 Å². The average Bonchev–Trinajstić information content (AvgIpc) is 2.77. The van der Waals surface area contributed by atoms with E-state index in [2.05, 4.69) is 35.8 Å². The minimum Gasteiger partial charge on any atom is -0.481 e. The van der Waals surface area contributed by atoms with Crippen LogP contribution in [0, 0.1) is 0 Å². The van der Waals surface area contributed by atoms with Crippen LogP contribution in [-0.2, 0) is 14.5 Å². The van der Waals surface area contributed by atoms with Crippen LogP contribution in [-0.4, -0.2) is 68.6 Å². The van der Waals surface area contributed by atoms with Crippen molar-refractivity contribution in [1.29, 1.82) is 0 Å². The number of aromatic nitrogens is 3. The number of aliphatic carboxylic acids is 2. The van der Waals surface area contributed by atoms with Crippen LogP contribution in [0.2, 0.25) is 0 Å². The highest BCUT2D eigenvalue weighted by Gasteiger charge is 2.07. The monoisotopic (exact) mass is 470 g/mol. The van der Waals surface area contributed by atoms with Crippen LogP contribution in [0.25, 0.3) is 0 Å². The van der Waals surface area contributed by atoms with Gasteiger partial charge in [0.2, 0.25) is 17.8 Å². The summed E-state index contributed by atoms with van der Waals surface area (Å²) in [6.07, 6.45) is 8.54. The summed E-state index contributed by atoms with van der Waals surface area (Å²) in [4.78, 5) is 38.4. The molecule has 33 heavy (non-hydrogen) atoms. The lowest BCUT2D eigenvalue weighted by Crippen LogP contribution is -2.14. The first-order chi connectivity index (χ1) is 16.0. The molecule has 0 bridgehead atoms. The molecule has 1 rings (SSSR count). The van der Waals surface area contributed by atoms with Gasteiger partial charge in [-0.1, -0.05) is 25.7 Å². The lowest BCUT2D eigenvalue weighted by molar-refractivity contribution is -0.242. The third-order valence-corrected chi connectivity index (χ3v) is 4.78. The molecule has 0 saturated heterocycles. The molecule has 1 heterocycles. The Morgan fingerprint density at radius 3 is 1.33 bits per heavy atom. The summed E-state index contributed by atoms with van der Waals surface area (Å²) in [5.74, 6) is -0.211. The predicted octanol–water partition coefficient (Wildman–Crippen LogP) is 3.45. The minimum absolute atomic E-state index is 0.174. The Labute approximate surface area is 194 Å². The van der Waals surface area contributed by atoms with Crippen molar-refractivity contribution in [1.82, 2.24) is 15.0 Å². The van der Waals surface area contributed by atoms with Crippen molar-refractivity contribution >= 4 is 29.8 Å². The van der Waals surface area contributed by atoms with E-state index in [1.165, 1.54) is 0 Å². The number of anilines is 3. The number of hydrogen-bond acceptors (Lipinski definition) is 10. The molecule has 1 aromatic rings. The van der Waals surface area contributed by atoms with Crippen LogP contribution in [0.5, 0.6) is 0 Å². The minimum atomic E-state index is -0.781. The lowest BCUT2D eigenvalue weighted by atomic mass is 10.2. The Morgan fingerprint density at radius 2 is 0.970 bits per heavy atom. The SMILES string of the molecule is O=C(O)CCCCCNc1nc(NCCCCCCOO)nc(NCCCCCC(=O)O)n1. The molecule has 0 aliphatic heterocycles. The Kier molecular flexibility index (Phi) is 16.1. The first kappa shape index (κ1) is 28.3. The largest absolute Gasteiger partial charge is 0.481 e. The van der Waals surface area contributed by atoms with Crippen molar-refractivity contribution in [2.75, 3.05) is 42.2 Å². The number of hydrogen-bond donors (Lipinski definition) is 6. The highest BCUT2D eigenvalue weighted by molar-refractivity contribution is 5.66. The fourth-order valence-electron chi connectivity index (χ4n) is 3.01. The first-order valence-electron chi connectivity index (χ1n) is 11.7. The van der Waals surface area contributed by atoms with Gasteiger partial charge in [-0.2, -0.15) is 15.0 Å². The topological polar surface area (TPSA) is 179 Å². The Morgan fingerprint density at radius 1 is 0.606 bits per heavy atom. The van der Waals surface area contributed by atoms with Crippen LogP contribution in [0.1, 0.15) is 77.0 Å². The molecule has 188 valence electrons. The molecule has 6 N–H and O–H groups in total. The van der Waals surface area contributed by atoms with Gasteiger partial charge in [-0.05, 0) is 38.5 Å². The second kappa shape index (κ2) is 18.8. The fraction of sp³-hybridized carbons (Fsp3) is 0.762. The van der Waals surface area contributed by atoms with Crippen molar-refractivity contribution in [3.8, 4) is 0 Å². The summed E-state index contributed by atoms with van der Waals surface area (Å²) in [6.45, 7) is 2.31. The van der Waals surface area contributed by atoms with Gasteiger partial charge in [0.15, 0.2) is 0 Å². The first-order valence-corrected chi connectivity index (χ1v) is 11.7. The molecule has 0 spiro atoms. The maximum absolute atomic E-state index is 10.6. The van der Waals surface area contributed by atoms with E-state index in [0.717, 1.165) is 51.4 Å². The van der Waals surface area contributed by atoms with Gasteiger partial charge in [0, 0.05) is 32.5 Å². The van der Waals surface area contributed by atoms with E-state index in [1.54, 1.807) is 0 Å². The molecule has 0 saturated carbocycles. The third kappa shape index (κ3) is 16.5. The molecule has 0 aliphatic rings. The number of carbonyl (C=O) groups is 2. The molecule has 0 aliphatic carbocycles.